The standard InChI is InChI=1S/C15H13F3N2O.ClH/c1-11-5-7-20(8-6-11)10-14(21)19-13-4-2-3-12(9-13)15(16,17)18;/h2-9H,10H2,1H3;1H/p+1. The van der Waals surface area contributed by atoms with Gasteiger partial charge in [0.25, 0.3) is 5.91 Å². The zero-order chi connectivity index (χ0) is 15.5. The van der Waals surface area contributed by atoms with Crippen molar-refractivity contribution >= 4 is 24.0 Å². The smallest absolute Gasteiger partial charge is 0.321 e. The van der Waals surface area contributed by atoms with Gasteiger partial charge < -0.3 is 5.32 Å². The van der Waals surface area contributed by atoms with E-state index in [1.807, 2.05) is 19.1 Å². The van der Waals surface area contributed by atoms with Crippen LogP contribution in [0.1, 0.15) is 11.1 Å². The summed E-state index contributed by atoms with van der Waals surface area (Å²) in [5, 5.41) is 2.46. The minimum Gasteiger partial charge on any atom is -0.321 e. The largest absolute Gasteiger partial charge is 0.416 e. The molecule has 0 fully saturated rings. The Morgan fingerprint density at radius 2 is 1.82 bits per heavy atom. The van der Waals surface area contributed by atoms with Gasteiger partial charge in [-0.3, -0.25) is 4.79 Å². The number of benzene rings is 1. The molecule has 7 heteroatoms. The highest BCUT2D eigenvalue weighted by Gasteiger charge is 2.30. The number of anilines is 1. The van der Waals surface area contributed by atoms with Gasteiger partial charge in [0.2, 0.25) is 6.54 Å². The van der Waals surface area contributed by atoms with Gasteiger partial charge in [0.15, 0.2) is 12.4 Å². The van der Waals surface area contributed by atoms with E-state index in [1.165, 1.54) is 12.1 Å². The molecule has 3 nitrogen and oxygen atoms in total. The second kappa shape index (κ2) is 7.26. The quantitative estimate of drug-likeness (QED) is 0.860. The maximum atomic E-state index is 12.6. The molecule has 118 valence electrons. The van der Waals surface area contributed by atoms with Gasteiger partial charge >= 0.3 is 6.18 Å². The molecule has 0 aliphatic heterocycles. The van der Waals surface area contributed by atoms with Gasteiger partial charge in [-0.15, -0.1) is 12.4 Å². The molecule has 22 heavy (non-hydrogen) atoms. The van der Waals surface area contributed by atoms with E-state index in [0.717, 1.165) is 17.7 Å². The number of aromatic nitrogens is 1. The lowest BCUT2D eigenvalue weighted by Crippen LogP contribution is -2.39. The zero-order valence-electron chi connectivity index (χ0n) is 11.7. The van der Waals surface area contributed by atoms with E-state index in [9.17, 15) is 18.0 Å². The molecule has 1 amide bonds. The Labute approximate surface area is 132 Å². The number of aryl methyl sites for hydroxylation is 1. The van der Waals surface area contributed by atoms with Gasteiger partial charge in [-0.25, -0.2) is 0 Å². The normalized spacial score (nSPS) is 10.7. The molecular formula is C15H15ClF3N2O+. The lowest BCUT2D eigenvalue weighted by molar-refractivity contribution is -0.684. The van der Waals surface area contributed by atoms with E-state index < -0.39 is 11.7 Å². The fourth-order valence-corrected chi connectivity index (χ4v) is 1.78. The van der Waals surface area contributed by atoms with Crippen LogP contribution in [0.5, 0.6) is 0 Å². The summed E-state index contributed by atoms with van der Waals surface area (Å²) in [6.07, 6.45) is -0.950. The summed E-state index contributed by atoms with van der Waals surface area (Å²) in [6, 6.07) is 8.25. The lowest BCUT2D eigenvalue weighted by Gasteiger charge is -2.09. The van der Waals surface area contributed by atoms with Crippen LogP contribution < -0.4 is 9.88 Å². The molecular weight excluding hydrogens is 317 g/mol. The summed E-state index contributed by atoms with van der Waals surface area (Å²) >= 11 is 0. The highest BCUT2D eigenvalue weighted by molar-refractivity contribution is 5.89. The number of alkyl halides is 3. The van der Waals surface area contributed by atoms with Gasteiger partial charge in [-0.1, -0.05) is 6.07 Å². The van der Waals surface area contributed by atoms with E-state index in [-0.39, 0.29) is 30.5 Å². The van der Waals surface area contributed by atoms with Crippen LogP contribution in [0.3, 0.4) is 0 Å². The van der Waals surface area contributed by atoms with Crippen molar-refractivity contribution in [1.82, 2.24) is 0 Å². The maximum absolute atomic E-state index is 12.6. The SMILES string of the molecule is Cc1cc[n+](CC(=O)Nc2cccc(C(F)(F)F)c2)cc1.Cl. The van der Waals surface area contributed by atoms with Gasteiger partial charge in [-0.05, 0) is 30.7 Å². The third-order valence-electron chi connectivity index (χ3n) is 2.86. The van der Waals surface area contributed by atoms with Crippen LogP contribution in [0.15, 0.2) is 48.8 Å². The van der Waals surface area contributed by atoms with Gasteiger partial charge in [0.05, 0.1) is 5.56 Å². The van der Waals surface area contributed by atoms with Crippen LogP contribution in [0, 0.1) is 6.92 Å². The lowest BCUT2D eigenvalue weighted by atomic mass is 10.2. The molecule has 2 rings (SSSR count). The Kier molecular flexibility index (Phi) is 5.93. The number of carbonyl (C=O) groups is 1. The predicted octanol–water partition coefficient (Wildman–Crippen LogP) is 3.36. The van der Waals surface area contributed by atoms with E-state index in [4.69, 9.17) is 0 Å². The molecule has 0 atom stereocenters. The highest BCUT2D eigenvalue weighted by atomic mass is 35.5. The van der Waals surface area contributed by atoms with Crippen molar-refractivity contribution in [2.75, 3.05) is 5.32 Å². The summed E-state index contributed by atoms with van der Waals surface area (Å²) in [4.78, 5) is 11.8. The van der Waals surface area contributed by atoms with Crippen LogP contribution in [0.25, 0.3) is 0 Å². The molecule has 0 saturated carbocycles. The van der Waals surface area contributed by atoms with Crippen LogP contribution >= 0.6 is 12.4 Å². The molecule has 0 saturated heterocycles. The Bertz CT molecular complexity index is 642. The average molecular weight is 332 g/mol. The van der Waals surface area contributed by atoms with Crippen molar-refractivity contribution in [2.24, 2.45) is 0 Å². The fraction of sp³-hybridized carbons (Fsp3) is 0.200. The first-order valence-electron chi connectivity index (χ1n) is 6.27. The summed E-state index contributed by atoms with van der Waals surface area (Å²) in [5.74, 6) is -0.386. The monoisotopic (exact) mass is 331 g/mol. The molecule has 0 unspecified atom stereocenters. The molecule has 1 heterocycles. The number of nitrogens with one attached hydrogen (secondary N) is 1. The van der Waals surface area contributed by atoms with Crippen molar-refractivity contribution in [3.8, 4) is 0 Å². The number of hydrogen-bond acceptors (Lipinski definition) is 1. The van der Waals surface area contributed by atoms with Crippen molar-refractivity contribution in [1.29, 1.82) is 0 Å². The third kappa shape index (κ3) is 5.04. The molecule has 0 radical (unpaired) electrons. The van der Waals surface area contributed by atoms with Crippen LogP contribution in [-0.2, 0) is 17.5 Å². The Balaban J connectivity index is 0.00000242. The minimum absolute atomic E-state index is 0. The Morgan fingerprint density at radius 3 is 2.41 bits per heavy atom. The summed E-state index contributed by atoms with van der Waals surface area (Å²) in [7, 11) is 0. The fourth-order valence-electron chi connectivity index (χ4n) is 1.78. The summed E-state index contributed by atoms with van der Waals surface area (Å²) in [6.45, 7) is 1.96. The number of hydrogen-bond donors (Lipinski definition) is 1. The molecule has 0 aliphatic rings. The van der Waals surface area contributed by atoms with Crippen LogP contribution in [-0.4, -0.2) is 5.91 Å². The first-order chi connectivity index (χ1) is 9.84. The number of amides is 1. The van der Waals surface area contributed by atoms with Gasteiger partial charge in [0, 0.05) is 17.8 Å². The predicted molar refractivity (Wildman–Crippen MR) is 78.7 cm³/mol. The molecule has 1 N–H and O–H groups in total. The average Bonchev–Trinajstić information content (AvgIpc) is 2.41. The van der Waals surface area contributed by atoms with Crippen molar-refractivity contribution in [3.05, 3.63) is 59.9 Å². The summed E-state index contributed by atoms with van der Waals surface area (Å²) < 4.78 is 39.4. The second-order valence-corrected chi connectivity index (χ2v) is 4.67. The van der Waals surface area contributed by atoms with Crippen molar-refractivity contribution in [3.63, 3.8) is 0 Å². The highest BCUT2D eigenvalue weighted by Crippen LogP contribution is 2.30. The van der Waals surface area contributed by atoms with Gasteiger partial charge in [0.1, 0.15) is 0 Å². The van der Waals surface area contributed by atoms with E-state index in [2.05, 4.69) is 5.32 Å². The maximum Gasteiger partial charge on any atom is 0.416 e. The van der Waals surface area contributed by atoms with Crippen LogP contribution in [0.4, 0.5) is 18.9 Å². The van der Waals surface area contributed by atoms with Crippen molar-refractivity contribution < 1.29 is 22.5 Å². The third-order valence-corrected chi connectivity index (χ3v) is 2.86. The topological polar surface area (TPSA) is 33.0 Å². The molecule has 0 bridgehead atoms. The number of carbonyl (C=O) groups excluding carboxylic acids is 1. The Hall–Kier alpha value is -2.08. The molecule has 1 aromatic carbocycles. The Morgan fingerprint density at radius 1 is 1.18 bits per heavy atom. The van der Waals surface area contributed by atoms with Crippen LogP contribution in [0.2, 0.25) is 0 Å². The molecule has 0 spiro atoms. The zero-order valence-corrected chi connectivity index (χ0v) is 12.5. The summed E-state index contributed by atoms with van der Waals surface area (Å²) in [5.41, 5.74) is 0.398. The number of pyridine rings is 1. The van der Waals surface area contributed by atoms with E-state index in [0.29, 0.717) is 0 Å². The second-order valence-electron chi connectivity index (χ2n) is 4.67. The number of rotatable bonds is 3. The minimum atomic E-state index is -4.42. The molecule has 1 aromatic heterocycles. The number of nitrogens with zero attached hydrogens (tertiary/aromatic N) is 1. The van der Waals surface area contributed by atoms with E-state index in [1.54, 1.807) is 17.0 Å². The van der Waals surface area contributed by atoms with Gasteiger partial charge in [-0.2, -0.15) is 17.7 Å². The number of halogens is 4. The molecule has 0 aliphatic carbocycles. The van der Waals surface area contributed by atoms with E-state index >= 15 is 0 Å². The molecule has 2 aromatic rings. The first-order valence-corrected chi connectivity index (χ1v) is 6.27. The first kappa shape index (κ1) is 18.0. The van der Waals surface area contributed by atoms with Crippen molar-refractivity contribution in [2.45, 2.75) is 19.6 Å².